The highest BCUT2D eigenvalue weighted by molar-refractivity contribution is 5.82. The van der Waals surface area contributed by atoms with Crippen LogP contribution < -0.4 is 4.74 Å². The quantitative estimate of drug-likeness (QED) is 0.809. The van der Waals surface area contributed by atoms with Gasteiger partial charge in [-0.1, -0.05) is 32.9 Å². The Hall–Kier alpha value is -2.04. The normalized spacial score (nSPS) is 15.7. The fraction of sp³-hybridized carbons (Fsp3) is 0.619. The predicted octanol–water partition coefficient (Wildman–Crippen LogP) is 3.33. The lowest BCUT2D eigenvalue weighted by atomic mass is 9.90. The highest BCUT2D eigenvalue weighted by atomic mass is 16.5. The Labute approximate surface area is 157 Å². The Bertz CT molecular complexity index is 611. The number of benzene rings is 1. The summed E-state index contributed by atoms with van der Waals surface area (Å²) in [6.45, 7) is 10.4. The number of hydrogen-bond donors (Lipinski definition) is 0. The minimum atomic E-state index is -0.360. The van der Waals surface area contributed by atoms with Crippen LogP contribution >= 0.6 is 0 Å². The number of nitrogens with zero attached hydrogens (tertiary/aromatic N) is 2. The predicted molar refractivity (Wildman–Crippen MR) is 103 cm³/mol. The number of ether oxygens (including phenoxy) is 1. The SMILES string of the molecule is CCOc1ccc(CN(C)C(=O)C2CCN(C(=O)C(C)(C)C)CC2)cc1. The molecule has 1 saturated heterocycles. The van der Waals surface area contributed by atoms with Crippen LogP contribution in [0.25, 0.3) is 0 Å². The third kappa shape index (κ3) is 5.23. The first-order chi connectivity index (χ1) is 12.2. The molecule has 1 aliphatic heterocycles. The average Bonchev–Trinajstić information content (AvgIpc) is 2.61. The van der Waals surface area contributed by atoms with Crippen LogP contribution in [0.2, 0.25) is 0 Å². The largest absolute Gasteiger partial charge is 0.494 e. The van der Waals surface area contributed by atoms with Crippen molar-refractivity contribution in [2.45, 2.75) is 47.1 Å². The summed E-state index contributed by atoms with van der Waals surface area (Å²) >= 11 is 0. The molecule has 0 aliphatic carbocycles. The van der Waals surface area contributed by atoms with E-state index in [-0.39, 0.29) is 23.1 Å². The van der Waals surface area contributed by atoms with E-state index in [1.807, 2.05) is 63.9 Å². The van der Waals surface area contributed by atoms with E-state index in [4.69, 9.17) is 4.74 Å². The van der Waals surface area contributed by atoms with Crippen LogP contribution in [0.1, 0.15) is 46.1 Å². The van der Waals surface area contributed by atoms with Gasteiger partial charge in [0, 0.05) is 38.0 Å². The van der Waals surface area contributed by atoms with Crippen molar-refractivity contribution in [2.75, 3.05) is 26.7 Å². The molecule has 0 N–H and O–H groups in total. The maximum atomic E-state index is 12.7. The van der Waals surface area contributed by atoms with Crippen molar-refractivity contribution in [1.82, 2.24) is 9.80 Å². The van der Waals surface area contributed by atoms with E-state index in [0.717, 1.165) is 24.2 Å². The van der Waals surface area contributed by atoms with Crippen molar-refractivity contribution in [2.24, 2.45) is 11.3 Å². The molecule has 0 spiro atoms. The van der Waals surface area contributed by atoms with Gasteiger partial charge in [0.05, 0.1) is 6.61 Å². The van der Waals surface area contributed by atoms with Crippen LogP contribution in [-0.2, 0) is 16.1 Å². The lowest BCUT2D eigenvalue weighted by molar-refractivity contribution is -0.144. The summed E-state index contributed by atoms with van der Waals surface area (Å²) in [6.07, 6.45) is 1.49. The summed E-state index contributed by atoms with van der Waals surface area (Å²) in [5.41, 5.74) is 0.728. The molecule has 0 bridgehead atoms. The van der Waals surface area contributed by atoms with E-state index in [9.17, 15) is 9.59 Å². The third-order valence-electron chi connectivity index (χ3n) is 4.80. The molecule has 0 atom stereocenters. The van der Waals surface area contributed by atoms with Gasteiger partial charge in [-0.2, -0.15) is 0 Å². The van der Waals surface area contributed by atoms with Gasteiger partial charge in [0.15, 0.2) is 0 Å². The van der Waals surface area contributed by atoms with Gasteiger partial charge in [-0.15, -0.1) is 0 Å². The second kappa shape index (κ2) is 8.56. The van der Waals surface area contributed by atoms with Crippen molar-refractivity contribution in [3.8, 4) is 5.75 Å². The van der Waals surface area contributed by atoms with Crippen LogP contribution in [0.4, 0.5) is 0 Å². The van der Waals surface area contributed by atoms with Gasteiger partial charge in [-0.3, -0.25) is 9.59 Å². The first-order valence-electron chi connectivity index (χ1n) is 9.48. The minimum absolute atomic E-state index is 0.00622. The standard InChI is InChI=1S/C21H32N2O3/c1-6-26-18-9-7-16(8-10-18)15-22(5)19(24)17-11-13-23(14-12-17)20(25)21(2,3)4/h7-10,17H,6,11-15H2,1-5H3. The molecule has 144 valence electrons. The van der Waals surface area contributed by atoms with E-state index >= 15 is 0 Å². The van der Waals surface area contributed by atoms with E-state index in [0.29, 0.717) is 26.2 Å². The number of piperidine rings is 1. The highest BCUT2D eigenvalue weighted by Gasteiger charge is 2.33. The van der Waals surface area contributed by atoms with E-state index in [1.54, 1.807) is 4.90 Å². The van der Waals surface area contributed by atoms with Crippen LogP contribution in [0.5, 0.6) is 5.75 Å². The van der Waals surface area contributed by atoms with Crippen molar-refractivity contribution in [3.05, 3.63) is 29.8 Å². The van der Waals surface area contributed by atoms with Crippen LogP contribution in [-0.4, -0.2) is 48.4 Å². The smallest absolute Gasteiger partial charge is 0.227 e. The maximum Gasteiger partial charge on any atom is 0.227 e. The Morgan fingerprint density at radius 1 is 1.15 bits per heavy atom. The highest BCUT2D eigenvalue weighted by Crippen LogP contribution is 2.25. The molecule has 5 nitrogen and oxygen atoms in total. The molecular weight excluding hydrogens is 328 g/mol. The molecule has 26 heavy (non-hydrogen) atoms. The molecule has 2 amide bonds. The van der Waals surface area contributed by atoms with Gasteiger partial charge in [0.2, 0.25) is 11.8 Å². The fourth-order valence-corrected chi connectivity index (χ4v) is 3.33. The molecule has 2 rings (SSSR count). The molecule has 0 aromatic heterocycles. The molecule has 1 aliphatic rings. The topological polar surface area (TPSA) is 49.9 Å². The van der Waals surface area contributed by atoms with Gasteiger partial charge in [-0.25, -0.2) is 0 Å². The minimum Gasteiger partial charge on any atom is -0.494 e. The summed E-state index contributed by atoms with van der Waals surface area (Å²) in [4.78, 5) is 28.8. The van der Waals surface area contributed by atoms with Crippen LogP contribution in [0, 0.1) is 11.3 Å². The molecule has 5 heteroatoms. The van der Waals surface area contributed by atoms with Crippen molar-refractivity contribution in [3.63, 3.8) is 0 Å². The Kier molecular flexibility index (Phi) is 6.68. The summed E-state index contributed by atoms with van der Waals surface area (Å²) in [5.74, 6) is 1.20. The van der Waals surface area contributed by atoms with Crippen LogP contribution in [0.3, 0.4) is 0 Å². The Morgan fingerprint density at radius 2 is 1.73 bits per heavy atom. The molecular formula is C21H32N2O3. The molecule has 0 radical (unpaired) electrons. The number of hydrogen-bond acceptors (Lipinski definition) is 3. The molecule has 1 aromatic carbocycles. The van der Waals surface area contributed by atoms with Crippen molar-refractivity contribution in [1.29, 1.82) is 0 Å². The summed E-state index contributed by atoms with van der Waals surface area (Å²) in [6, 6.07) is 7.88. The van der Waals surface area contributed by atoms with E-state index in [2.05, 4.69) is 0 Å². The maximum absolute atomic E-state index is 12.7. The molecule has 0 saturated carbocycles. The molecule has 1 aromatic rings. The molecule has 0 unspecified atom stereocenters. The lowest BCUT2D eigenvalue weighted by Crippen LogP contribution is -2.46. The van der Waals surface area contributed by atoms with Crippen molar-refractivity contribution < 1.29 is 14.3 Å². The average molecular weight is 360 g/mol. The zero-order valence-electron chi connectivity index (χ0n) is 16.7. The number of carbonyl (C=O) groups excluding carboxylic acids is 2. The van der Waals surface area contributed by atoms with Crippen LogP contribution in [0.15, 0.2) is 24.3 Å². The Morgan fingerprint density at radius 3 is 2.23 bits per heavy atom. The summed E-state index contributed by atoms with van der Waals surface area (Å²) < 4.78 is 5.45. The second-order valence-electron chi connectivity index (χ2n) is 8.09. The summed E-state index contributed by atoms with van der Waals surface area (Å²) in [5, 5.41) is 0. The van der Waals surface area contributed by atoms with E-state index in [1.165, 1.54) is 0 Å². The van der Waals surface area contributed by atoms with E-state index < -0.39 is 0 Å². The van der Waals surface area contributed by atoms with Gasteiger partial charge in [0.25, 0.3) is 0 Å². The number of carbonyl (C=O) groups is 2. The Balaban J connectivity index is 1.86. The second-order valence-corrected chi connectivity index (χ2v) is 8.09. The zero-order chi connectivity index (χ0) is 19.3. The monoisotopic (exact) mass is 360 g/mol. The van der Waals surface area contributed by atoms with Gasteiger partial charge >= 0.3 is 0 Å². The molecule has 1 heterocycles. The first kappa shape index (κ1) is 20.3. The zero-order valence-corrected chi connectivity index (χ0v) is 16.7. The molecule has 1 fully saturated rings. The fourth-order valence-electron chi connectivity index (χ4n) is 3.33. The summed E-state index contributed by atoms with van der Waals surface area (Å²) in [7, 11) is 1.85. The number of rotatable bonds is 5. The van der Waals surface area contributed by atoms with Crippen molar-refractivity contribution >= 4 is 11.8 Å². The first-order valence-corrected chi connectivity index (χ1v) is 9.48. The lowest BCUT2D eigenvalue weighted by Gasteiger charge is -2.36. The van der Waals surface area contributed by atoms with Gasteiger partial charge in [0.1, 0.15) is 5.75 Å². The number of likely N-dealkylation sites (tertiary alicyclic amines) is 1. The van der Waals surface area contributed by atoms with Gasteiger partial charge < -0.3 is 14.5 Å². The third-order valence-corrected chi connectivity index (χ3v) is 4.80. The number of amides is 2. The van der Waals surface area contributed by atoms with Gasteiger partial charge in [-0.05, 0) is 37.5 Å².